The van der Waals surface area contributed by atoms with Crippen molar-refractivity contribution >= 4 is 18.6 Å². The van der Waals surface area contributed by atoms with Crippen molar-refractivity contribution in [3.63, 3.8) is 0 Å². The zero-order valence-corrected chi connectivity index (χ0v) is 10.4. The van der Waals surface area contributed by atoms with E-state index in [-0.39, 0.29) is 0 Å². The van der Waals surface area contributed by atoms with Gasteiger partial charge in [0.1, 0.15) is 0 Å². The summed E-state index contributed by atoms with van der Waals surface area (Å²) in [6.45, 7) is 5.13. The molecule has 1 heterocycles. The first-order valence-electron chi connectivity index (χ1n) is 3.35. The first-order valence-corrected chi connectivity index (χ1v) is 10.9. The number of likely N-dealkylation sites (N-methyl/N-ethyl adjacent to an activating group) is 1. The van der Waals surface area contributed by atoms with E-state index < -0.39 is 0 Å². The van der Waals surface area contributed by atoms with Crippen molar-refractivity contribution in [1.82, 2.24) is 4.90 Å². The van der Waals surface area contributed by atoms with E-state index in [0.717, 1.165) is 10.6 Å². The molecule has 0 radical (unpaired) electrons. The Kier molecular flexibility index (Phi) is 3.93. The van der Waals surface area contributed by atoms with E-state index in [2.05, 4.69) is 37.1 Å². The van der Waals surface area contributed by atoms with E-state index in [1.165, 1.54) is 18.4 Å². The molecule has 0 aromatic carbocycles. The van der Waals surface area contributed by atoms with Gasteiger partial charge in [0.15, 0.2) is 0 Å². The van der Waals surface area contributed by atoms with Crippen molar-refractivity contribution in [2.24, 2.45) is 0 Å². The van der Waals surface area contributed by atoms with Gasteiger partial charge in [0.2, 0.25) is 0 Å². The molecular weight excluding hydrogens is 352 g/mol. The van der Waals surface area contributed by atoms with Gasteiger partial charge in [0.25, 0.3) is 0 Å². The Morgan fingerprint density at radius 1 is 1.80 bits per heavy atom. The molecule has 1 atom stereocenters. The molecular formula is C7H12I2N-. The fourth-order valence-electron chi connectivity index (χ4n) is 1.18. The number of rotatable bonds is 1. The number of hydrogen-bond donors (Lipinski definition) is 0. The number of likely N-dealkylation sites (tertiary alicyclic amines) is 1. The van der Waals surface area contributed by atoms with Crippen LogP contribution in [0.15, 0.2) is 12.2 Å². The number of halogens is 2. The summed E-state index contributed by atoms with van der Waals surface area (Å²) in [5.74, 6) is 0. The third-order valence-electron chi connectivity index (χ3n) is 1.78. The maximum absolute atomic E-state index is 4.00. The quantitative estimate of drug-likeness (QED) is 0.251. The molecule has 1 saturated heterocycles. The topological polar surface area (TPSA) is 3.24 Å². The third kappa shape index (κ3) is 2.34. The monoisotopic (exact) mass is 364 g/mol. The molecule has 0 aromatic heterocycles. The predicted octanol–water partition coefficient (Wildman–Crippen LogP) is -0.967. The van der Waals surface area contributed by atoms with Crippen LogP contribution in [-0.4, -0.2) is 22.5 Å². The van der Waals surface area contributed by atoms with Crippen molar-refractivity contribution < 1.29 is 17.2 Å². The van der Waals surface area contributed by atoms with Gasteiger partial charge in [-0.2, -0.15) is 0 Å². The van der Waals surface area contributed by atoms with Crippen LogP contribution in [0.25, 0.3) is 0 Å². The second-order valence-electron chi connectivity index (χ2n) is 2.72. The molecule has 1 rings (SSSR count). The molecule has 0 saturated carbocycles. The number of hydrogen-bond acceptors (Lipinski definition) is 1. The van der Waals surface area contributed by atoms with Crippen molar-refractivity contribution in [3.8, 4) is 0 Å². The second-order valence-corrected chi connectivity index (χ2v) is 7.79. The fourth-order valence-corrected chi connectivity index (χ4v) is 6.27. The Balaban J connectivity index is 2.43. The average Bonchev–Trinajstić information content (AvgIpc) is 1.88. The summed E-state index contributed by atoms with van der Waals surface area (Å²) in [7, 11) is 2.22. The molecule has 0 N–H and O–H groups in total. The Morgan fingerprint density at radius 3 is 3.00 bits per heavy atom. The third-order valence-corrected chi connectivity index (χ3v) is 7.55. The van der Waals surface area contributed by atoms with Gasteiger partial charge in [-0.25, -0.2) is 0 Å². The van der Waals surface area contributed by atoms with Gasteiger partial charge < -0.3 is 0 Å². The summed E-state index contributed by atoms with van der Waals surface area (Å²) < 4.78 is 0.907. The van der Waals surface area contributed by atoms with Crippen LogP contribution >= 0.6 is 18.6 Å². The Labute approximate surface area is 82.7 Å². The van der Waals surface area contributed by atoms with Gasteiger partial charge in [0.05, 0.1) is 0 Å². The van der Waals surface area contributed by atoms with E-state index in [0.29, 0.717) is 17.2 Å². The minimum absolute atomic E-state index is 0.381. The summed E-state index contributed by atoms with van der Waals surface area (Å²) in [5, 5.41) is 0. The van der Waals surface area contributed by atoms with Gasteiger partial charge in [-0.3, -0.25) is 0 Å². The molecule has 0 aliphatic carbocycles. The minimum atomic E-state index is 0.381. The molecule has 3 heteroatoms. The standard InChI is InChI=1S/C7H12I2N/c1-6-3-4-7(9-8)10(2)5-6/h7H,1,3-5H2,2H3/q-1. The summed E-state index contributed by atoms with van der Waals surface area (Å²) in [6, 6.07) is 0. The van der Waals surface area contributed by atoms with E-state index in [4.69, 9.17) is 0 Å². The van der Waals surface area contributed by atoms with E-state index >= 15 is 0 Å². The Hall–Kier alpha value is 1.16. The molecule has 60 valence electrons. The van der Waals surface area contributed by atoms with Crippen LogP contribution in [-0.2, 0) is 0 Å². The van der Waals surface area contributed by atoms with Gasteiger partial charge in [-0.1, -0.05) is 0 Å². The molecule has 10 heavy (non-hydrogen) atoms. The van der Waals surface area contributed by atoms with Crippen molar-refractivity contribution in [3.05, 3.63) is 12.2 Å². The van der Waals surface area contributed by atoms with Crippen molar-refractivity contribution in [2.45, 2.75) is 16.9 Å². The second kappa shape index (κ2) is 4.25. The van der Waals surface area contributed by atoms with E-state index in [1.54, 1.807) is 0 Å². The Bertz CT molecular complexity index is 136. The summed E-state index contributed by atoms with van der Waals surface area (Å²) in [6.07, 6.45) is 2.61. The molecule has 1 aliphatic heterocycles. The molecule has 1 nitrogen and oxygen atoms in total. The Morgan fingerprint density at radius 2 is 2.50 bits per heavy atom. The maximum atomic E-state index is 4.00. The van der Waals surface area contributed by atoms with Crippen LogP contribution in [0.2, 0.25) is 0 Å². The predicted molar refractivity (Wildman–Crippen MR) is 48.8 cm³/mol. The van der Waals surface area contributed by atoms with Gasteiger partial charge in [-0.05, 0) is 0 Å². The van der Waals surface area contributed by atoms with Crippen LogP contribution in [0.4, 0.5) is 0 Å². The zero-order chi connectivity index (χ0) is 7.56. The molecule has 1 aliphatic rings. The SMILES string of the molecule is C=C1CCC([I-]I)N(C)C1. The fraction of sp³-hybridized carbons (Fsp3) is 0.714. The van der Waals surface area contributed by atoms with E-state index in [1.807, 2.05) is 0 Å². The molecule has 0 aromatic rings. The van der Waals surface area contributed by atoms with Crippen molar-refractivity contribution in [1.29, 1.82) is 0 Å². The summed E-state index contributed by atoms with van der Waals surface area (Å²) >= 11 is 2.95. The molecule has 0 amide bonds. The van der Waals surface area contributed by atoms with Crippen LogP contribution in [0.1, 0.15) is 12.8 Å². The number of piperidine rings is 1. The first-order chi connectivity index (χ1) is 4.74. The van der Waals surface area contributed by atoms with Crippen LogP contribution in [0.3, 0.4) is 0 Å². The van der Waals surface area contributed by atoms with Crippen LogP contribution < -0.4 is 17.2 Å². The van der Waals surface area contributed by atoms with E-state index in [9.17, 15) is 0 Å². The first kappa shape index (κ1) is 9.25. The van der Waals surface area contributed by atoms with Crippen molar-refractivity contribution in [2.75, 3.05) is 13.6 Å². The molecule has 0 bridgehead atoms. The number of nitrogens with zero attached hydrogens (tertiary/aromatic N) is 1. The van der Waals surface area contributed by atoms with Crippen LogP contribution in [0.5, 0.6) is 0 Å². The summed E-state index contributed by atoms with van der Waals surface area (Å²) in [5.41, 5.74) is 1.41. The zero-order valence-electron chi connectivity index (χ0n) is 6.11. The normalized spacial score (nSPS) is 29.4. The average molecular weight is 364 g/mol. The molecule has 1 unspecified atom stereocenters. The van der Waals surface area contributed by atoms with Crippen LogP contribution in [0, 0.1) is 0 Å². The number of alkyl halides is 1. The van der Waals surface area contributed by atoms with Gasteiger partial charge >= 0.3 is 83.4 Å². The van der Waals surface area contributed by atoms with Gasteiger partial charge in [0, 0.05) is 0 Å². The van der Waals surface area contributed by atoms with Gasteiger partial charge in [-0.15, -0.1) is 0 Å². The molecule has 1 fully saturated rings. The summed E-state index contributed by atoms with van der Waals surface area (Å²) in [4.78, 5) is 2.45. The molecule has 0 spiro atoms.